The van der Waals surface area contributed by atoms with E-state index in [-0.39, 0.29) is 0 Å². The molecule has 0 amide bonds. The molecule has 8 nitrogen and oxygen atoms in total. The van der Waals surface area contributed by atoms with Gasteiger partial charge >= 0.3 is 6.01 Å². The Labute approximate surface area is 182 Å². The Hall–Kier alpha value is -3.39. The molecule has 1 saturated heterocycles. The number of aryl methyl sites for hydroxylation is 1. The summed E-state index contributed by atoms with van der Waals surface area (Å²) in [5.41, 5.74) is 3.21. The lowest BCUT2D eigenvalue weighted by molar-refractivity contribution is 0.122. The normalized spacial score (nSPS) is 14.2. The van der Waals surface area contributed by atoms with E-state index >= 15 is 0 Å². The standard InChI is InChI=1S/C23H26N6O2/c1-18-5-4-6-19(15-18)16-24-17-21-26-22(29-10-13-30-14-11-29)28-23(27-21)31-12-8-20-7-2-3-9-25-20/h2-7,9,15-16H,8,10-14,17H2,1H3. The van der Waals surface area contributed by atoms with Crippen molar-refractivity contribution in [2.24, 2.45) is 4.99 Å². The summed E-state index contributed by atoms with van der Waals surface area (Å²) in [6, 6.07) is 14.3. The van der Waals surface area contributed by atoms with Gasteiger partial charge in [-0.1, -0.05) is 35.9 Å². The molecule has 0 atom stereocenters. The summed E-state index contributed by atoms with van der Waals surface area (Å²) < 4.78 is 11.3. The molecule has 0 unspecified atom stereocenters. The van der Waals surface area contributed by atoms with E-state index < -0.39 is 0 Å². The molecule has 160 valence electrons. The number of hydrogen-bond donors (Lipinski definition) is 0. The highest BCUT2D eigenvalue weighted by Gasteiger charge is 2.17. The van der Waals surface area contributed by atoms with E-state index in [1.807, 2.05) is 36.5 Å². The fourth-order valence-electron chi connectivity index (χ4n) is 3.20. The van der Waals surface area contributed by atoms with E-state index in [9.17, 15) is 0 Å². The molecular formula is C23H26N6O2. The predicted molar refractivity (Wildman–Crippen MR) is 119 cm³/mol. The quantitative estimate of drug-likeness (QED) is 0.520. The van der Waals surface area contributed by atoms with Crippen LogP contribution in [0.5, 0.6) is 6.01 Å². The third kappa shape index (κ3) is 6.29. The summed E-state index contributed by atoms with van der Waals surface area (Å²) in [6.45, 7) is 5.64. The molecule has 3 heterocycles. The van der Waals surface area contributed by atoms with Crippen LogP contribution in [0.25, 0.3) is 0 Å². The average molecular weight is 419 g/mol. The number of aromatic nitrogens is 4. The molecule has 2 aromatic heterocycles. The molecule has 0 saturated carbocycles. The highest BCUT2D eigenvalue weighted by atomic mass is 16.5. The molecule has 31 heavy (non-hydrogen) atoms. The summed E-state index contributed by atoms with van der Waals surface area (Å²) >= 11 is 0. The van der Waals surface area contributed by atoms with Crippen LogP contribution in [0.4, 0.5) is 5.95 Å². The summed E-state index contributed by atoms with van der Waals surface area (Å²) in [4.78, 5) is 24.5. The molecule has 0 N–H and O–H groups in total. The van der Waals surface area contributed by atoms with E-state index in [2.05, 4.69) is 48.9 Å². The summed E-state index contributed by atoms with van der Waals surface area (Å²) in [7, 11) is 0. The summed E-state index contributed by atoms with van der Waals surface area (Å²) in [5, 5.41) is 0. The SMILES string of the molecule is Cc1cccc(C=NCc2nc(OCCc3ccccn3)nc(N3CCOCC3)n2)c1. The first-order valence-corrected chi connectivity index (χ1v) is 10.4. The molecule has 3 aromatic rings. The van der Waals surface area contributed by atoms with Crippen LogP contribution in [0.1, 0.15) is 22.6 Å². The lowest BCUT2D eigenvalue weighted by Crippen LogP contribution is -2.37. The predicted octanol–water partition coefficient (Wildman–Crippen LogP) is 2.65. The summed E-state index contributed by atoms with van der Waals surface area (Å²) in [6.07, 6.45) is 4.30. The van der Waals surface area contributed by atoms with E-state index in [0.29, 0.717) is 50.6 Å². The van der Waals surface area contributed by atoms with Crippen molar-refractivity contribution in [3.63, 3.8) is 0 Å². The van der Waals surface area contributed by atoms with Crippen LogP contribution < -0.4 is 9.64 Å². The van der Waals surface area contributed by atoms with Crippen LogP contribution in [-0.4, -0.2) is 59.1 Å². The van der Waals surface area contributed by atoms with Gasteiger partial charge in [0.15, 0.2) is 5.82 Å². The Bertz CT molecular complexity index is 1010. The zero-order valence-electron chi connectivity index (χ0n) is 17.6. The number of aliphatic imine (C=N–C) groups is 1. The van der Waals surface area contributed by atoms with Crippen LogP contribution in [0.15, 0.2) is 53.7 Å². The highest BCUT2D eigenvalue weighted by molar-refractivity contribution is 5.79. The van der Waals surface area contributed by atoms with Crippen molar-refractivity contribution < 1.29 is 9.47 Å². The Morgan fingerprint density at radius 2 is 2.00 bits per heavy atom. The second kappa shape index (κ2) is 10.6. The maximum absolute atomic E-state index is 5.85. The van der Waals surface area contributed by atoms with Gasteiger partial charge in [0, 0.05) is 37.6 Å². The maximum atomic E-state index is 5.85. The number of hydrogen-bond acceptors (Lipinski definition) is 8. The molecule has 0 bridgehead atoms. The van der Waals surface area contributed by atoms with Crippen LogP contribution in [-0.2, 0) is 17.7 Å². The first-order valence-electron chi connectivity index (χ1n) is 10.4. The largest absolute Gasteiger partial charge is 0.463 e. The van der Waals surface area contributed by atoms with Crippen molar-refractivity contribution in [3.05, 3.63) is 71.3 Å². The Morgan fingerprint density at radius 3 is 2.81 bits per heavy atom. The van der Waals surface area contributed by atoms with Crippen LogP contribution >= 0.6 is 0 Å². The van der Waals surface area contributed by atoms with E-state index in [1.54, 1.807) is 6.20 Å². The van der Waals surface area contributed by atoms with Gasteiger partial charge in [-0.05, 0) is 24.6 Å². The first-order chi connectivity index (χ1) is 15.3. The van der Waals surface area contributed by atoms with Gasteiger partial charge in [0.1, 0.15) is 0 Å². The fourth-order valence-corrected chi connectivity index (χ4v) is 3.20. The van der Waals surface area contributed by atoms with Crippen LogP contribution in [0.2, 0.25) is 0 Å². The Balaban J connectivity index is 1.46. The molecule has 1 aliphatic heterocycles. The van der Waals surface area contributed by atoms with Gasteiger partial charge in [-0.3, -0.25) is 9.98 Å². The third-order valence-electron chi connectivity index (χ3n) is 4.77. The second-order valence-corrected chi connectivity index (χ2v) is 7.24. The molecular weight excluding hydrogens is 392 g/mol. The van der Waals surface area contributed by atoms with Crippen molar-refractivity contribution in [1.29, 1.82) is 0 Å². The molecule has 1 aromatic carbocycles. The van der Waals surface area contributed by atoms with Gasteiger partial charge in [0.25, 0.3) is 0 Å². The number of anilines is 1. The zero-order valence-corrected chi connectivity index (χ0v) is 17.6. The van der Waals surface area contributed by atoms with Gasteiger partial charge in [-0.2, -0.15) is 15.0 Å². The van der Waals surface area contributed by atoms with Gasteiger partial charge in [0.05, 0.1) is 26.4 Å². The molecule has 4 rings (SSSR count). The number of rotatable bonds is 8. The number of pyridine rings is 1. The minimum absolute atomic E-state index is 0.313. The minimum Gasteiger partial charge on any atom is -0.463 e. The monoisotopic (exact) mass is 418 g/mol. The second-order valence-electron chi connectivity index (χ2n) is 7.24. The number of morpholine rings is 1. The Morgan fingerprint density at radius 1 is 1.10 bits per heavy atom. The molecule has 8 heteroatoms. The smallest absolute Gasteiger partial charge is 0.321 e. The molecule has 0 spiro atoms. The molecule has 1 fully saturated rings. The number of nitrogens with zero attached hydrogens (tertiary/aromatic N) is 6. The topological polar surface area (TPSA) is 85.6 Å². The van der Waals surface area contributed by atoms with Gasteiger partial charge < -0.3 is 14.4 Å². The lowest BCUT2D eigenvalue weighted by Gasteiger charge is -2.26. The molecule has 0 radical (unpaired) electrons. The minimum atomic E-state index is 0.313. The maximum Gasteiger partial charge on any atom is 0.321 e. The van der Waals surface area contributed by atoms with Crippen molar-refractivity contribution in [2.45, 2.75) is 19.9 Å². The van der Waals surface area contributed by atoms with Gasteiger partial charge in [0.2, 0.25) is 5.95 Å². The first kappa shape index (κ1) is 20.9. The molecule has 1 aliphatic rings. The number of benzene rings is 1. The third-order valence-corrected chi connectivity index (χ3v) is 4.77. The number of ether oxygens (including phenoxy) is 2. The lowest BCUT2D eigenvalue weighted by atomic mass is 10.2. The van der Waals surface area contributed by atoms with Crippen molar-refractivity contribution in [3.8, 4) is 6.01 Å². The fraction of sp³-hybridized carbons (Fsp3) is 0.348. The highest BCUT2D eigenvalue weighted by Crippen LogP contribution is 2.15. The van der Waals surface area contributed by atoms with E-state index in [1.165, 1.54) is 5.56 Å². The van der Waals surface area contributed by atoms with E-state index in [0.717, 1.165) is 24.3 Å². The van der Waals surface area contributed by atoms with Gasteiger partial charge in [-0.25, -0.2) is 0 Å². The van der Waals surface area contributed by atoms with Crippen molar-refractivity contribution in [2.75, 3.05) is 37.8 Å². The van der Waals surface area contributed by atoms with Gasteiger partial charge in [-0.15, -0.1) is 0 Å². The average Bonchev–Trinajstić information content (AvgIpc) is 2.80. The zero-order chi connectivity index (χ0) is 21.3. The Kier molecular flexibility index (Phi) is 7.12. The van der Waals surface area contributed by atoms with Crippen LogP contribution in [0, 0.1) is 6.92 Å². The van der Waals surface area contributed by atoms with E-state index in [4.69, 9.17) is 9.47 Å². The van der Waals surface area contributed by atoms with Crippen LogP contribution in [0.3, 0.4) is 0 Å². The van der Waals surface area contributed by atoms with Crippen molar-refractivity contribution in [1.82, 2.24) is 19.9 Å². The van der Waals surface area contributed by atoms with Crippen molar-refractivity contribution >= 4 is 12.2 Å². The summed E-state index contributed by atoms with van der Waals surface area (Å²) in [5.74, 6) is 1.18. The molecule has 0 aliphatic carbocycles.